The number of carbonyl (C=O) groups excluding carboxylic acids is 1. The molecule has 9 nitrogen and oxygen atoms in total. The Labute approximate surface area is 198 Å². The summed E-state index contributed by atoms with van der Waals surface area (Å²) >= 11 is 0. The zero-order valence-corrected chi connectivity index (χ0v) is 20.5. The fourth-order valence-corrected chi connectivity index (χ4v) is 3.86. The average molecular weight is 490 g/mol. The van der Waals surface area contributed by atoms with Crippen molar-refractivity contribution in [3.63, 3.8) is 0 Å². The van der Waals surface area contributed by atoms with Crippen LogP contribution in [-0.4, -0.2) is 49.2 Å². The molecule has 0 bridgehead atoms. The van der Waals surface area contributed by atoms with Gasteiger partial charge in [0.15, 0.2) is 5.03 Å². The Kier molecular flexibility index (Phi) is 7.55. The van der Waals surface area contributed by atoms with Gasteiger partial charge in [0.2, 0.25) is 0 Å². The number of ether oxygens (including phenoxy) is 1. The first-order valence-corrected chi connectivity index (χ1v) is 12.2. The first kappa shape index (κ1) is 25.2. The number of aromatic amines is 1. The van der Waals surface area contributed by atoms with Crippen molar-refractivity contribution in [2.75, 3.05) is 18.6 Å². The molecule has 0 spiro atoms. The number of benzene rings is 1. The van der Waals surface area contributed by atoms with Gasteiger partial charge in [-0.25, -0.2) is 14.1 Å². The number of amides is 1. The van der Waals surface area contributed by atoms with Gasteiger partial charge in [-0.05, 0) is 50.1 Å². The Bertz CT molecular complexity index is 1260. The van der Waals surface area contributed by atoms with E-state index in [0.29, 0.717) is 23.6 Å². The van der Waals surface area contributed by atoms with Crippen LogP contribution in [0.25, 0.3) is 11.3 Å². The smallest absolute Gasteiger partial charge is 0.281 e. The van der Waals surface area contributed by atoms with Gasteiger partial charge in [-0.2, -0.15) is 13.5 Å². The zero-order chi connectivity index (χ0) is 25.0. The normalized spacial score (nSPS) is 11.6. The van der Waals surface area contributed by atoms with Crippen molar-refractivity contribution in [1.82, 2.24) is 19.9 Å². The molecule has 0 fully saturated rings. The van der Waals surface area contributed by atoms with E-state index in [2.05, 4.69) is 15.2 Å². The monoisotopic (exact) mass is 489 g/mol. The number of nitrogens with one attached hydrogen (secondary N) is 2. The number of nitrogens with zero attached hydrogens (tertiary/aromatic N) is 3. The quantitative estimate of drug-likeness (QED) is 0.471. The molecule has 1 aromatic carbocycles. The highest BCUT2D eigenvalue weighted by molar-refractivity contribution is 7.90. The first-order chi connectivity index (χ1) is 16.0. The molecule has 1 amide bonds. The second-order valence-corrected chi connectivity index (χ2v) is 10.2. The Hall–Kier alpha value is -3.47. The van der Waals surface area contributed by atoms with Crippen molar-refractivity contribution in [2.24, 2.45) is 5.92 Å². The number of pyridine rings is 1. The van der Waals surface area contributed by atoms with Gasteiger partial charge in [-0.15, -0.1) is 0 Å². The lowest BCUT2D eigenvalue weighted by atomic mass is 10.1. The molecular formula is C23H28FN5O4S. The summed E-state index contributed by atoms with van der Waals surface area (Å²) in [6.45, 7) is 8.22. The molecule has 0 saturated heterocycles. The van der Waals surface area contributed by atoms with E-state index < -0.39 is 21.7 Å². The molecule has 0 saturated carbocycles. The number of hydrogen-bond donors (Lipinski definition) is 2. The molecule has 2 heterocycles. The number of carbonyl (C=O) groups is 1. The van der Waals surface area contributed by atoms with Crippen LogP contribution >= 0.6 is 0 Å². The van der Waals surface area contributed by atoms with Crippen molar-refractivity contribution in [3.05, 3.63) is 54.0 Å². The van der Waals surface area contributed by atoms with Gasteiger partial charge >= 0.3 is 0 Å². The third-order valence-electron chi connectivity index (χ3n) is 4.97. The number of hydrogen-bond acceptors (Lipinski definition) is 7. The van der Waals surface area contributed by atoms with E-state index in [1.54, 1.807) is 18.0 Å². The number of H-pyrrole nitrogens is 1. The molecule has 0 atom stereocenters. The summed E-state index contributed by atoms with van der Waals surface area (Å²) in [5.74, 6) is -0.442. The van der Waals surface area contributed by atoms with E-state index >= 15 is 0 Å². The minimum absolute atomic E-state index is 0.0516. The third kappa shape index (κ3) is 5.90. The SMILES string of the molecule is CC(C)COc1cc(F)cc(-c2ccc(C(=O)NS(=O)(=O)c3ccn[nH]3)c(N(C)C(C)C)n2)c1. The predicted molar refractivity (Wildman–Crippen MR) is 127 cm³/mol. The molecule has 0 aliphatic heterocycles. The van der Waals surface area contributed by atoms with Gasteiger partial charge in [0.25, 0.3) is 15.9 Å². The summed E-state index contributed by atoms with van der Waals surface area (Å²) in [6, 6.07) is 8.48. The Morgan fingerprint density at radius 2 is 1.91 bits per heavy atom. The van der Waals surface area contributed by atoms with Crippen LogP contribution in [0.4, 0.5) is 10.2 Å². The van der Waals surface area contributed by atoms with Crippen molar-refractivity contribution < 1.29 is 22.3 Å². The lowest BCUT2D eigenvalue weighted by Crippen LogP contribution is -2.34. The molecule has 34 heavy (non-hydrogen) atoms. The van der Waals surface area contributed by atoms with E-state index in [1.807, 2.05) is 32.4 Å². The van der Waals surface area contributed by atoms with Gasteiger partial charge in [0.1, 0.15) is 17.4 Å². The van der Waals surface area contributed by atoms with Gasteiger partial charge < -0.3 is 9.64 Å². The van der Waals surface area contributed by atoms with Crippen molar-refractivity contribution in [3.8, 4) is 17.0 Å². The number of rotatable bonds is 9. The minimum atomic E-state index is -4.14. The number of anilines is 1. The summed E-state index contributed by atoms with van der Waals surface area (Å²) < 4.78 is 46.9. The van der Waals surface area contributed by atoms with Gasteiger partial charge in [0.05, 0.1) is 24.1 Å². The van der Waals surface area contributed by atoms with Crippen LogP contribution < -0.4 is 14.4 Å². The van der Waals surface area contributed by atoms with Crippen LogP contribution in [0.3, 0.4) is 0 Å². The van der Waals surface area contributed by atoms with Crippen molar-refractivity contribution in [1.29, 1.82) is 0 Å². The average Bonchev–Trinajstić information content (AvgIpc) is 3.32. The standard InChI is InChI=1S/C23H28FN5O4S/c1-14(2)13-33-18-11-16(10-17(24)12-18)20-7-6-19(22(26-20)29(5)15(3)4)23(30)28-34(31,32)21-8-9-25-27-21/h6-12,14-15H,13H2,1-5H3,(H,25,27)(H,28,30). The van der Waals surface area contributed by atoms with Crippen LogP contribution in [0.2, 0.25) is 0 Å². The number of aromatic nitrogens is 3. The Morgan fingerprint density at radius 3 is 2.53 bits per heavy atom. The summed E-state index contributed by atoms with van der Waals surface area (Å²) in [5, 5.41) is 5.69. The summed E-state index contributed by atoms with van der Waals surface area (Å²) in [7, 11) is -2.41. The molecule has 0 radical (unpaired) electrons. The van der Waals surface area contributed by atoms with E-state index in [4.69, 9.17) is 4.74 Å². The summed E-state index contributed by atoms with van der Waals surface area (Å²) in [4.78, 5) is 19.3. The van der Waals surface area contributed by atoms with Gasteiger partial charge in [-0.3, -0.25) is 9.89 Å². The second-order valence-electron chi connectivity index (χ2n) is 8.51. The minimum Gasteiger partial charge on any atom is -0.493 e. The highest BCUT2D eigenvalue weighted by Crippen LogP contribution is 2.29. The maximum absolute atomic E-state index is 14.3. The fourth-order valence-electron chi connectivity index (χ4n) is 2.98. The maximum atomic E-state index is 14.3. The molecule has 182 valence electrons. The van der Waals surface area contributed by atoms with Crippen LogP contribution in [0, 0.1) is 11.7 Å². The van der Waals surface area contributed by atoms with Gasteiger partial charge in [0, 0.05) is 24.7 Å². The van der Waals surface area contributed by atoms with Crippen LogP contribution in [0.5, 0.6) is 5.75 Å². The summed E-state index contributed by atoms with van der Waals surface area (Å²) in [6.07, 6.45) is 1.27. The van der Waals surface area contributed by atoms with Crippen LogP contribution in [-0.2, 0) is 10.0 Å². The third-order valence-corrected chi connectivity index (χ3v) is 6.23. The van der Waals surface area contributed by atoms with Crippen LogP contribution in [0.1, 0.15) is 38.1 Å². The second kappa shape index (κ2) is 10.2. The molecule has 0 unspecified atom stereocenters. The number of halogens is 1. The molecule has 0 aliphatic rings. The lowest BCUT2D eigenvalue weighted by Gasteiger charge is -2.25. The Balaban J connectivity index is 2.00. The molecule has 3 rings (SSSR count). The molecule has 2 aromatic heterocycles. The predicted octanol–water partition coefficient (Wildman–Crippen LogP) is 3.61. The molecule has 0 aliphatic carbocycles. The fraction of sp³-hybridized carbons (Fsp3) is 0.348. The largest absolute Gasteiger partial charge is 0.493 e. The molecule has 2 N–H and O–H groups in total. The van der Waals surface area contributed by atoms with Crippen LogP contribution in [0.15, 0.2) is 47.6 Å². The van der Waals surface area contributed by atoms with E-state index in [1.165, 1.54) is 36.5 Å². The molecule has 3 aromatic rings. The van der Waals surface area contributed by atoms with Gasteiger partial charge in [-0.1, -0.05) is 13.8 Å². The van der Waals surface area contributed by atoms with E-state index in [-0.39, 0.29) is 28.4 Å². The lowest BCUT2D eigenvalue weighted by molar-refractivity contribution is 0.0981. The maximum Gasteiger partial charge on any atom is 0.281 e. The summed E-state index contributed by atoms with van der Waals surface area (Å²) in [5.41, 5.74) is 0.925. The van der Waals surface area contributed by atoms with Crippen molar-refractivity contribution >= 4 is 21.7 Å². The highest BCUT2D eigenvalue weighted by Gasteiger charge is 2.25. The van der Waals surface area contributed by atoms with Crippen molar-refractivity contribution in [2.45, 2.75) is 38.8 Å². The number of sulfonamides is 1. The topological polar surface area (TPSA) is 117 Å². The first-order valence-electron chi connectivity index (χ1n) is 10.7. The highest BCUT2D eigenvalue weighted by atomic mass is 32.2. The van der Waals surface area contributed by atoms with E-state index in [9.17, 15) is 17.6 Å². The zero-order valence-electron chi connectivity index (χ0n) is 19.7. The van der Waals surface area contributed by atoms with E-state index in [0.717, 1.165) is 0 Å². The Morgan fingerprint density at radius 1 is 1.18 bits per heavy atom. The molecule has 11 heteroatoms. The molecular weight excluding hydrogens is 461 g/mol.